The van der Waals surface area contributed by atoms with Crippen molar-refractivity contribution in [1.82, 2.24) is 10.1 Å². The molecule has 0 radical (unpaired) electrons. The fraction of sp³-hybridized carbons (Fsp3) is 0.333. The van der Waals surface area contributed by atoms with Gasteiger partial charge < -0.3 is 10.3 Å². The molecule has 18 heavy (non-hydrogen) atoms. The summed E-state index contributed by atoms with van der Waals surface area (Å²) in [6, 6.07) is 2.66. The maximum Gasteiger partial charge on any atom is 0.244 e. The minimum Gasteiger partial charge on any atom is -0.337 e. The van der Waals surface area contributed by atoms with Gasteiger partial charge in [0.1, 0.15) is 11.6 Å². The smallest absolute Gasteiger partial charge is 0.244 e. The van der Waals surface area contributed by atoms with E-state index in [2.05, 4.69) is 10.1 Å². The summed E-state index contributed by atoms with van der Waals surface area (Å²) in [5.74, 6) is -0.874. The monoisotopic (exact) mass is 253 g/mol. The van der Waals surface area contributed by atoms with Gasteiger partial charge in [-0.05, 0) is 18.1 Å². The van der Waals surface area contributed by atoms with E-state index in [1.165, 1.54) is 0 Å². The topological polar surface area (TPSA) is 64.9 Å². The Bertz CT molecular complexity index is 534. The highest BCUT2D eigenvalue weighted by molar-refractivity contribution is 5.54. The fourth-order valence-corrected chi connectivity index (χ4v) is 1.46. The van der Waals surface area contributed by atoms with E-state index in [9.17, 15) is 8.78 Å². The van der Waals surface area contributed by atoms with Gasteiger partial charge in [0.15, 0.2) is 0 Å². The van der Waals surface area contributed by atoms with Gasteiger partial charge in [0, 0.05) is 11.6 Å². The molecule has 0 unspecified atom stereocenters. The summed E-state index contributed by atoms with van der Waals surface area (Å²) < 4.78 is 31.1. The van der Waals surface area contributed by atoms with Gasteiger partial charge in [-0.1, -0.05) is 19.0 Å². The molecule has 0 aliphatic carbocycles. The fourth-order valence-electron chi connectivity index (χ4n) is 1.46. The molecule has 1 aromatic heterocycles. The van der Waals surface area contributed by atoms with Crippen molar-refractivity contribution >= 4 is 0 Å². The third-order valence-corrected chi connectivity index (χ3v) is 2.57. The average molecular weight is 253 g/mol. The first-order valence-electron chi connectivity index (χ1n) is 5.53. The minimum absolute atomic E-state index is 0.125. The van der Waals surface area contributed by atoms with Gasteiger partial charge in [-0.2, -0.15) is 4.98 Å². The molecule has 0 fully saturated rings. The molecule has 1 heterocycles. The number of rotatable bonds is 3. The Balaban J connectivity index is 2.35. The van der Waals surface area contributed by atoms with Crippen LogP contribution in [-0.2, 0) is 0 Å². The number of nitrogens with zero attached hydrogens (tertiary/aromatic N) is 2. The third kappa shape index (κ3) is 2.53. The number of benzene rings is 1. The molecule has 1 atom stereocenters. The molecule has 2 rings (SSSR count). The van der Waals surface area contributed by atoms with Crippen LogP contribution in [0.5, 0.6) is 0 Å². The highest BCUT2D eigenvalue weighted by atomic mass is 19.1. The van der Waals surface area contributed by atoms with Crippen LogP contribution in [-0.4, -0.2) is 10.1 Å². The zero-order valence-corrected chi connectivity index (χ0v) is 10.0. The Morgan fingerprint density at radius 2 is 1.78 bits per heavy atom. The normalized spacial score (nSPS) is 13.0. The second kappa shape index (κ2) is 4.81. The van der Waals surface area contributed by atoms with Crippen LogP contribution in [0.25, 0.3) is 11.4 Å². The van der Waals surface area contributed by atoms with Crippen molar-refractivity contribution in [2.75, 3.05) is 0 Å². The molecule has 1 aromatic carbocycles. The summed E-state index contributed by atoms with van der Waals surface area (Å²) in [6.07, 6.45) is 0. The SMILES string of the molecule is CC(C)[C@H](N)c1nc(-c2cc(F)cc(F)c2)no1. The molecule has 0 saturated heterocycles. The maximum absolute atomic E-state index is 13.1. The zero-order chi connectivity index (χ0) is 13.3. The zero-order valence-electron chi connectivity index (χ0n) is 10.0. The number of aromatic nitrogens is 2. The van der Waals surface area contributed by atoms with E-state index in [1.54, 1.807) is 0 Å². The molecule has 6 heteroatoms. The van der Waals surface area contributed by atoms with Crippen molar-refractivity contribution in [2.24, 2.45) is 11.7 Å². The van der Waals surface area contributed by atoms with Crippen LogP contribution < -0.4 is 5.73 Å². The van der Waals surface area contributed by atoms with Crippen molar-refractivity contribution in [3.05, 3.63) is 35.7 Å². The van der Waals surface area contributed by atoms with Gasteiger partial charge in [-0.3, -0.25) is 0 Å². The highest BCUT2D eigenvalue weighted by Gasteiger charge is 2.19. The lowest BCUT2D eigenvalue weighted by Gasteiger charge is -2.09. The summed E-state index contributed by atoms with van der Waals surface area (Å²) in [7, 11) is 0. The Morgan fingerprint density at radius 1 is 1.17 bits per heavy atom. The average Bonchev–Trinajstić information content (AvgIpc) is 2.75. The summed E-state index contributed by atoms with van der Waals surface area (Å²) in [6.45, 7) is 3.83. The van der Waals surface area contributed by atoms with Crippen LogP contribution in [0, 0.1) is 17.6 Å². The van der Waals surface area contributed by atoms with Crippen LogP contribution >= 0.6 is 0 Å². The second-order valence-electron chi connectivity index (χ2n) is 4.38. The van der Waals surface area contributed by atoms with E-state index in [0.717, 1.165) is 18.2 Å². The highest BCUT2D eigenvalue weighted by Crippen LogP contribution is 2.22. The van der Waals surface area contributed by atoms with Crippen molar-refractivity contribution in [3.63, 3.8) is 0 Å². The van der Waals surface area contributed by atoms with Crippen molar-refractivity contribution in [1.29, 1.82) is 0 Å². The number of halogens is 2. The predicted molar refractivity (Wildman–Crippen MR) is 61.4 cm³/mol. The summed E-state index contributed by atoms with van der Waals surface area (Å²) >= 11 is 0. The molecule has 0 spiro atoms. The van der Waals surface area contributed by atoms with Gasteiger partial charge in [0.05, 0.1) is 6.04 Å². The first-order valence-corrected chi connectivity index (χ1v) is 5.53. The van der Waals surface area contributed by atoms with Gasteiger partial charge >= 0.3 is 0 Å². The first-order chi connectivity index (χ1) is 8.47. The Hall–Kier alpha value is -1.82. The van der Waals surface area contributed by atoms with E-state index >= 15 is 0 Å². The minimum atomic E-state index is -0.690. The molecule has 0 saturated carbocycles. The van der Waals surface area contributed by atoms with Crippen molar-refractivity contribution in [3.8, 4) is 11.4 Å². The van der Waals surface area contributed by atoms with E-state index in [4.69, 9.17) is 10.3 Å². The van der Waals surface area contributed by atoms with E-state index < -0.39 is 17.7 Å². The van der Waals surface area contributed by atoms with E-state index in [1.807, 2.05) is 13.8 Å². The molecule has 0 bridgehead atoms. The first kappa shape index (κ1) is 12.6. The maximum atomic E-state index is 13.1. The predicted octanol–water partition coefficient (Wildman–Crippen LogP) is 2.67. The van der Waals surface area contributed by atoms with Crippen LogP contribution in [0.2, 0.25) is 0 Å². The van der Waals surface area contributed by atoms with E-state index in [-0.39, 0.29) is 23.2 Å². The van der Waals surface area contributed by atoms with Gasteiger partial charge in [0.2, 0.25) is 11.7 Å². The molecular formula is C12H13F2N3O. The molecular weight excluding hydrogens is 240 g/mol. The summed E-state index contributed by atoms with van der Waals surface area (Å²) in [5, 5.41) is 3.67. The van der Waals surface area contributed by atoms with Gasteiger partial charge in [0.25, 0.3) is 0 Å². The lowest BCUT2D eigenvalue weighted by molar-refractivity contribution is 0.325. The van der Waals surface area contributed by atoms with E-state index in [0.29, 0.717) is 0 Å². The Kier molecular flexibility index (Phi) is 3.38. The lowest BCUT2D eigenvalue weighted by Crippen LogP contribution is -2.16. The van der Waals surface area contributed by atoms with Gasteiger partial charge in [-0.15, -0.1) is 0 Å². The number of nitrogens with two attached hydrogens (primary N) is 1. The standard InChI is InChI=1S/C12H13F2N3O/c1-6(2)10(15)12-16-11(17-18-12)7-3-8(13)5-9(14)4-7/h3-6,10H,15H2,1-2H3/t10-/m0/s1. The second-order valence-corrected chi connectivity index (χ2v) is 4.38. The molecule has 96 valence electrons. The summed E-state index contributed by atoms with van der Waals surface area (Å²) in [5.41, 5.74) is 6.07. The number of hydrogen-bond acceptors (Lipinski definition) is 4. The lowest BCUT2D eigenvalue weighted by atomic mass is 10.1. The molecule has 0 amide bonds. The van der Waals surface area contributed by atoms with Crippen LogP contribution in [0.1, 0.15) is 25.8 Å². The summed E-state index contributed by atoms with van der Waals surface area (Å²) in [4.78, 5) is 4.05. The Morgan fingerprint density at radius 3 is 2.33 bits per heavy atom. The molecule has 0 aliphatic rings. The van der Waals surface area contributed by atoms with Crippen molar-refractivity contribution in [2.45, 2.75) is 19.9 Å². The molecule has 0 aliphatic heterocycles. The Labute approximate surface area is 103 Å². The van der Waals surface area contributed by atoms with Gasteiger partial charge in [-0.25, -0.2) is 8.78 Å². The molecule has 2 aromatic rings. The largest absolute Gasteiger partial charge is 0.337 e. The van der Waals surface area contributed by atoms with Crippen LogP contribution in [0.4, 0.5) is 8.78 Å². The third-order valence-electron chi connectivity index (χ3n) is 2.57. The van der Waals surface area contributed by atoms with Crippen LogP contribution in [0.15, 0.2) is 22.7 Å². The molecule has 4 nitrogen and oxygen atoms in total. The number of hydrogen-bond donors (Lipinski definition) is 1. The van der Waals surface area contributed by atoms with Crippen LogP contribution in [0.3, 0.4) is 0 Å². The quantitative estimate of drug-likeness (QED) is 0.913. The van der Waals surface area contributed by atoms with Crippen molar-refractivity contribution < 1.29 is 13.3 Å². The molecule has 2 N–H and O–H groups in total.